The molecule has 0 aromatic carbocycles. The van der Waals surface area contributed by atoms with E-state index in [1.165, 1.54) is 0 Å². The summed E-state index contributed by atoms with van der Waals surface area (Å²) < 4.78 is 0. The van der Waals surface area contributed by atoms with Gasteiger partial charge in [0, 0.05) is 6.42 Å². The van der Waals surface area contributed by atoms with Gasteiger partial charge in [0.05, 0.1) is 5.76 Å². The van der Waals surface area contributed by atoms with Gasteiger partial charge in [-0.15, -0.1) is 0 Å². The maximum absolute atomic E-state index is 8.79. The molecule has 0 heterocycles. The Morgan fingerprint density at radius 3 is 2.00 bits per heavy atom. The van der Waals surface area contributed by atoms with E-state index in [2.05, 4.69) is 20.4 Å². The number of aliphatic hydroxyl groups is 1. The van der Waals surface area contributed by atoms with E-state index in [1.54, 1.807) is 0 Å². The first-order valence-electron chi connectivity index (χ1n) is 3.57. The van der Waals surface area contributed by atoms with Crippen LogP contribution in [-0.4, -0.2) is 5.11 Å². The van der Waals surface area contributed by atoms with Gasteiger partial charge in [-0.25, -0.2) is 0 Å². The highest BCUT2D eigenvalue weighted by Gasteiger charge is 2.03. The molecule has 1 N–H and O–H groups in total. The second kappa shape index (κ2) is 4.42. The Hall–Kier alpha value is -0.460. The van der Waals surface area contributed by atoms with Crippen molar-refractivity contribution in [3.05, 3.63) is 12.3 Å². The molecule has 0 amide bonds. The van der Waals surface area contributed by atoms with Gasteiger partial charge < -0.3 is 5.11 Å². The first kappa shape index (κ1) is 8.54. The first-order valence-corrected chi connectivity index (χ1v) is 3.57. The van der Waals surface area contributed by atoms with Gasteiger partial charge in [-0.05, 0) is 5.92 Å². The quantitative estimate of drug-likeness (QED) is 0.577. The van der Waals surface area contributed by atoms with Crippen molar-refractivity contribution in [2.24, 2.45) is 5.92 Å². The summed E-state index contributed by atoms with van der Waals surface area (Å²) in [5.41, 5.74) is 0. The number of aliphatic hydroxyl groups excluding tert-OH is 1. The van der Waals surface area contributed by atoms with Crippen LogP contribution in [0.25, 0.3) is 0 Å². The third-order valence-corrected chi connectivity index (χ3v) is 1.68. The van der Waals surface area contributed by atoms with E-state index >= 15 is 0 Å². The molecule has 54 valence electrons. The summed E-state index contributed by atoms with van der Waals surface area (Å²) in [6, 6.07) is 0. The summed E-state index contributed by atoms with van der Waals surface area (Å²) >= 11 is 0. The highest BCUT2D eigenvalue weighted by atomic mass is 16.3. The van der Waals surface area contributed by atoms with E-state index in [9.17, 15) is 0 Å². The number of allylic oxidation sites excluding steroid dienone is 1. The van der Waals surface area contributed by atoms with Crippen molar-refractivity contribution in [1.82, 2.24) is 0 Å². The Kier molecular flexibility index (Phi) is 4.20. The summed E-state index contributed by atoms with van der Waals surface area (Å²) in [6.07, 6.45) is 3.04. The van der Waals surface area contributed by atoms with Crippen molar-refractivity contribution in [2.75, 3.05) is 0 Å². The van der Waals surface area contributed by atoms with Crippen LogP contribution >= 0.6 is 0 Å². The van der Waals surface area contributed by atoms with Crippen LogP contribution in [0.15, 0.2) is 12.3 Å². The maximum atomic E-state index is 8.79. The van der Waals surface area contributed by atoms with Crippen molar-refractivity contribution in [2.45, 2.75) is 33.1 Å². The molecular weight excluding hydrogens is 112 g/mol. The molecule has 0 unspecified atom stereocenters. The lowest BCUT2D eigenvalue weighted by molar-refractivity contribution is 0.343. The van der Waals surface area contributed by atoms with Crippen molar-refractivity contribution >= 4 is 0 Å². The van der Waals surface area contributed by atoms with Crippen LogP contribution in [0, 0.1) is 5.92 Å². The summed E-state index contributed by atoms with van der Waals surface area (Å²) in [5, 5.41) is 8.79. The zero-order valence-corrected chi connectivity index (χ0v) is 6.35. The summed E-state index contributed by atoms with van der Waals surface area (Å²) in [5.74, 6) is 0.950. The molecule has 1 nitrogen and oxygen atoms in total. The molecule has 0 aliphatic heterocycles. The third kappa shape index (κ3) is 4.07. The van der Waals surface area contributed by atoms with Gasteiger partial charge in [0.25, 0.3) is 0 Å². The molecule has 0 aliphatic rings. The lowest BCUT2D eigenvalue weighted by Gasteiger charge is -2.09. The molecule has 0 radical (unpaired) electrons. The van der Waals surface area contributed by atoms with Crippen LogP contribution in [0.4, 0.5) is 0 Å². The molecule has 0 bridgehead atoms. The predicted octanol–water partition coefficient (Wildman–Crippen LogP) is 2.88. The topological polar surface area (TPSA) is 20.2 Å². The SMILES string of the molecule is C=C(O)CC(CC)CC. The molecule has 1 heteroatoms. The van der Waals surface area contributed by atoms with Gasteiger partial charge in [-0.3, -0.25) is 0 Å². The second-order valence-corrected chi connectivity index (χ2v) is 2.45. The molecule has 0 fully saturated rings. The highest BCUT2D eigenvalue weighted by Crippen LogP contribution is 2.15. The Morgan fingerprint density at radius 1 is 1.44 bits per heavy atom. The molecule has 0 atom stereocenters. The molecule has 0 aromatic rings. The Bertz CT molecular complexity index is 82.6. The van der Waals surface area contributed by atoms with Crippen LogP contribution in [0.5, 0.6) is 0 Å². The first-order chi connectivity index (χ1) is 4.20. The Balaban J connectivity index is 3.43. The highest BCUT2D eigenvalue weighted by molar-refractivity contribution is 4.81. The molecule has 0 rings (SSSR count). The normalized spacial score (nSPS) is 10.1. The van der Waals surface area contributed by atoms with Crippen LogP contribution in [0.2, 0.25) is 0 Å². The van der Waals surface area contributed by atoms with E-state index in [0.29, 0.717) is 11.7 Å². The zero-order valence-electron chi connectivity index (χ0n) is 6.35. The number of rotatable bonds is 4. The Labute approximate surface area is 57.4 Å². The lowest BCUT2D eigenvalue weighted by Crippen LogP contribution is -1.97. The van der Waals surface area contributed by atoms with E-state index < -0.39 is 0 Å². The fraction of sp³-hybridized carbons (Fsp3) is 0.750. The Morgan fingerprint density at radius 2 is 1.89 bits per heavy atom. The van der Waals surface area contributed by atoms with Gasteiger partial charge in [-0.2, -0.15) is 0 Å². The predicted molar refractivity (Wildman–Crippen MR) is 40.5 cm³/mol. The molecule has 9 heavy (non-hydrogen) atoms. The minimum absolute atomic E-state index is 0.323. The van der Waals surface area contributed by atoms with Crippen molar-refractivity contribution in [3.63, 3.8) is 0 Å². The van der Waals surface area contributed by atoms with Crippen molar-refractivity contribution < 1.29 is 5.11 Å². The van der Waals surface area contributed by atoms with Gasteiger partial charge in [-0.1, -0.05) is 33.3 Å². The standard InChI is InChI=1S/C8H16O/c1-4-8(5-2)6-7(3)9/h8-9H,3-6H2,1-2H3. The minimum Gasteiger partial charge on any atom is -0.513 e. The van der Waals surface area contributed by atoms with Crippen LogP contribution in [0.3, 0.4) is 0 Å². The average molecular weight is 128 g/mol. The fourth-order valence-corrected chi connectivity index (χ4v) is 0.911. The van der Waals surface area contributed by atoms with Crippen molar-refractivity contribution in [1.29, 1.82) is 0 Å². The van der Waals surface area contributed by atoms with Crippen LogP contribution < -0.4 is 0 Å². The van der Waals surface area contributed by atoms with E-state index in [0.717, 1.165) is 19.3 Å². The monoisotopic (exact) mass is 128 g/mol. The molecule has 0 spiro atoms. The molecule has 0 aliphatic carbocycles. The zero-order chi connectivity index (χ0) is 7.28. The van der Waals surface area contributed by atoms with Gasteiger partial charge >= 0.3 is 0 Å². The lowest BCUT2D eigenvalue weighted by atomic mass is 9.99. The third-order valence-electron chi connectivity index (χ3n) is 1.68. The summed E-state index contributed by atoms with van der Waals surface area (Å²) in [7, 11) is 0. The van der Waals surface area contributed by atoms with E-state index in [-0.39, 0.29) is 0 Å². The largest absolute Gasteiger partial charge is 0.513 e. The number of hydrogen-bond acceptors (Lipinski definition) is 1. The van der Waals surface area contributed by atoms with E-state index in [1.807, 2.05) is 0 Å². The van der Waals surface area contributed by atoms with Gasteiger partial charge in [0.2, 0.25) is 0 Å². The second-order valence-electron chi connectivity index (χ2n) is 2.45. The van der Waals surface area contributed by atoms with Gasteiger partial charge in [0.15, 0.2) is 0 Å². The number of hydrogen-bond donors (Lipinski definition) is 1. The molecule has 0 saturated heterocycles. The molecular formula is C8H16O. The molecule has 0 aromatic heterocycles. The van der Waals surface area contributed by atoms with Crippen LogP contribution in [-0.2, 0) is 0 Å². The summed E-state index contributed by atoms with van der Waals surface area (Å²) in [6.45, 7) is 7.72. The smallest absolute Gasteiger partial charge is 0.0853 e. The summed E-state index contributed by atoms with van der Waals surface area (Å²) in [4.78, 5) is 0. The van der Waals surface area contributed by atoms with E-state index in [4.69, 9.17) is 5.11 Å². The molecule has 0 saturated carbocycles. The fourth-order valence-electron chi connectivity index (χ4n) is 0.911. The maximum Gasteiger partial charge on any atom is 0.0853 e. The minimum atomic E-state index is 0.323. The van der Waals surface area contributed by atoms with Crippen molar-refractivity contribution in [3.8, 4) is 0 Å². The average Bonchev–Trinajstić information content (AvgIpc) is 1.82. The van der Waals surface area contributed by atoms with Gasteiger partial charge in [0.1, 0.15) is 0 Å². The van der Waals surface area contributed by atoms with Crippen LogP contribution in [0.1, 0.15) is 33.1 Å².